The summed E-state index contributed by atoms with van der Waals surface area (Å²) in [5.74, 6) is 5.84. The topological polar surface area (TPSA) is 91.8 Å². The number of fused-ring (bicyclic) bond motifs is 1. The van der Waals surface area contributed by atoms with Crippen LogP contribution in [0.25, 0.3) is 0 Å². The van der Waals surface area contributed by atoms with Gasteiger partial charge in [-0.1, -0.05) is 17.9 Å². The highest BCUT2D eigenvalue weighted by molar-refractivity contribution is 6.02. The number of anilines is 1. The van der Waals surface area contributed by atoms with Crippen molar-refractivity contribution in [3.63, 3.8) is 0 Å². The van der Waals surface area contributed by atoms with Crippen LogP contribution in [-0.4, -0.2) is 48.2 Å². The second kappa shape index (κ2) is 8.33. The zero-order valence-electron chi connectivity index (χ0n) is 16.6. The maximum Gasteiger partial charge on any atom is 0.270 e. The van der Waals surface area contributed by atoms with Crippen molar-refractivity contribution in [3.05, 3.63) is 53.9 Å². The lowest BCUT2D eigenvalue weighted by Gasteiger charge is -2.20. The Hall–Kier alpha value is -3.37. The highest BCUT2D eigenvalue weighted by Gasteiger charge is 2.31. The standard InChI is InChI=1S/C22H23N3O4/c1-22(2,14-26)10-9-15-7-8-19-18(12-15)25(3)21(28)17(13-29-19)24-20(27)16-6-4-5-11-23-16/h4-8,11-12,17,26H,13-14H2,1-3H3,(H,24,27). The van der Waals surface area contributed by atoms with Gasteiger partial charge in [-0.05, 0) is 44.2 Å². The average Bonchev–Trinajstić information content (AvgIpc) is 2.85. The van der Waals surface area contributed by atoms with E-state index >= 15 is 0 Å². The molecule has 2 amide bonds. The SMILES string of the molecule is CN1C(=O)C(NC(=O)c2ccccn2)COc2ccc(C#CC(C)(C)CO)cc21. The van der Waals surface area contributed by atoms with Gasteiger partial charge in [-0.15, -0.1) is 0 Å². The van der Waals surface area contributed by atoms with Crippen molar-refractivity contribution < 1.29 is 19.4 Å². The second-order valence-corrected chi connectivity index (χ2v) is 7.42. The summed E-state index contributed by atoms with van der Waals surface area (Å²) in [7, 11) is 1.63. The Balaban J connectivity index is 1.81. The normalized spacial score (nSPS) is 16.1. The molecule has 0 saturated heterocycles. The molecule has 2 aromatic rings. The lowest BCUT2D eigenvalue weighted by Crippen LogP contribution is -2.49. The number of pyridine rings is 1. The summed E-state index contributed by atoms with van der Waals surface area (Å²) < 4.78 is 5.77. The number of hydrogen-bond acceptors (Lipinski definition) is 5. The summed E-state index contributed by atoms with van der Waals surface area (Å²) >= 11 is 0. The fraction of sp³-hybridized carbons (Fsp3) is 0.318. The van der Waals surface area contributed by atoms with E-state index in [0.29, 0.717) is 17.0 Å². The van der Waals surface area contributed by atoms with Gasteiger partial charge < -0.3 is 20.1 Å². The van der Waals surface area contributed by atoms with E-state index in [4.69, 9.17) is 4.74 Å². The van der Waals surface area contributed by atoms with Crippen molar-refractivity contribution >= 4 is 17.5 Å². The Morgan fingerprint density at radius 3 is 2.86 bits per heavy atom. The quantitative estimate of drug-likeness (QED) is 0.773. The van der Waals surface area contributed by atoms with Gasteiger partial charge in [0.1, 0.15) is 24.1 Å². The smallest absolute Gasteiger partial charge is 0.270 e. The molecule has 2 heterocycles. The number of benzene rings is 1. The van der Waals surface area contributed by atoms with Crippen LogP contribution in [0.1, 0.15) is 29.9 Å². The number of ether oxygens (including phenoxy) is 1. The number of aromatic nitrogens is 1. The molecule has 1 unspecified atom stereocenters. The van der Waals surface area contributed by atoms with Crippen LogP contribution in [0, 0.1) is 17.3 Å². The summed E-state index contributed by atoms with van der Waals surface area (Å²) in [5, 5.41) is 12.0. The van der Waals surface area contributed by atoms with Crippen LogP contribution in [0.3, 0.4) is 0 Å². The minimum absolute atomic E-state index is 0.0112. The van der Waals surface area contributed by atoms with E-state index in [2.05, 4.69) is 22.1 Å². The summed E-state index contributed by atoms with van der Waals surface area (Å²) in [6, 6.07) is 9.46. The lowest BCUT2D eigenvalue weighted by molar-refractivity contribution is -0.120. The third kappa shape index (κ3) is 4.73. The number of hydrogen-bond donors (Lipinski definition) is 2. The number of likely N-dealkylation sites (N-methyl/N-ethyl adjacent to an activating group) is 1. The van der Waals surface area contributed by atoms with Gasteiger partial charge in [0, 0.05) is 24.2 Å². The average molecular weight is 393 g/mol. The summed E-state index contributed by atoms with van der Waals surface area (Å²) in [6.07, 6.45) is 1.52. The molecule has 1 aliphatic heterocycles. The molecular formula is C22H23N3O4. The van der Waals surface area contributed by atoms with Gasteiger partial charge >= 0.3 is 0 Å². The predicted octanol–water partition coefficient (Wildman–Crippen LogP) is 1.61. The molecule has 7 heteroatoms. The van der Waals surface area contributed by atoms with Gasteiger partial charge in [-0.3, -0.25) is 14.6 Å². The van der Waals surface area contributed by atoms with Crippen molar-refractivity contribution in [3.8, 4) is 17.6 Å². The van der Waals surface area contributed by atoms with E-state index in [1.165, 1.54) is 11.1 Å². The van der Waals surface area contributed by atoms with Crippen molar-refractivity contribution in [2.24, 2.45) is 5.41 Å². The molecule has 0 bridgehead atoms. The number of nitrogens with zero attached hydrogens (tertiary/aromatic N) is 2. The van der Waals surface area contributed by atoms with Crippen LogP contribution >= 0.6 is 0 Å². The van der Waals surface area contributed by atoms with Gasteiger partial charge in [-0.25, -0.2) is 0 Å². The van der Waals surface area contributed by atoms with Crippen LogP contribution < -0.4 is 15.0 Å². The number of carbonyl (C=O) groups excluding carboxylic acids is 2. The maximum absolute atomic E-state index is 12.9. The zero-order valence-corrected chi connectivity index (χ0v) is 16.6. The zero-order chi connectivity index (χ0) is 21.0. The van der Waals surface area contributed by atoms with Crippen molar-refractivity contribution in [2.75, 3.05) is 25.2 Å². The number of amides is 2. The predicted molar refractivity (Wildman–Crippen MR) is 109 cm³/mol. The van der Waals surface area contributed by atoms with Gasteiger partial charge in [0.2, 0.25) is 0 Å². The monoisotopic (exact) mass is 393 g/mol. The minimum Gasteiger partial charge on any atom is -0.489 e. The van der Waals surface area contributed by atoms with Gasteiger partial charge in [0.05, 0.1) is 12.3 Å². The fourth-order valence-corrected chi connectivity index (χ4v) is 2.69. The third-order valence-corrected chi connectivity index (χ3v) is 4.50. The molecule has 29 heavy (non-hydrogen) atoms. The number of aliphatic hydroxyl groups excluding tert-OH is 1. The van der Waals surface area contributed by atoms with E-state index in [0.717, 1.165) is 0 Å². The first-order chi connectivity index (χ1) is 13.8. The van der Waals surface area contributed by atoms with E-state index in [1.54, 1.807) is 43.4 Å². The largest absolute Gasteiger partial charge is 0.489 e. The van der Waals surface area contributed by atoms with E-state index in [-0.39, 0.29) is 24.8 Å². The molecule has 7 nitrogen and oxygen atoms in total. The van der Waals surface area contributed by atoms with Crippen LogP contribution in [-0.2, 0) is 4.79 Å². The molecule has 0 aliphatic carbocycles. The second-order valence-electron chi connectivity index (χ2n) is 7.42. The minimum atomic E-state index is -0.843. The van der Waals surface area contributed by atoms with Gasteiger partial charge in [-0.2, -0.15) is 0 Å². The molecule has 1 aromatic carbocycles. The summed E-state index contributed by atoms with van der Waals surface area (Å²) in [4.78, 5) is 30.7. The molecule has 1 atom stereocenters. The first-order valence-corrected chi connectivity index (χ1v) is 9.21. The van der Waals surface area contributed by atoms with E-state index < -0.39 is 17.4 Å². The van der Waals surface area contributed by atoms with Crippen LogP contribution in [0.4, 0.5) is 5.69 Å². The molecular weight excluding hydrogens is 370 g/mol. The fourth-order valence-electron chi connectivity index (χ4n) is 2.69. The lowest BCUT2D eigenvalue weighted by atomic mass is 9.95. The number of aliphatic hydroxyl groups is 1. The molecule has 0 fully saturated rings. The van der Waals surface area contributed by atoms with Crippen molar-refractivity contribution in [2.45, 2.75) is 19.9 Å². The van der Waals surface area contributed by atoms with E-state index in [9.17, 15) is 14.7 Å². The summed E-state index contributed by atoms with van der Waals surface area (Å²) in [5.41, 5.74) is 0.975. The van der Waals surface area contributed by atoms with E-state index in [1.807, 2.05) is 13.8 Å². The molecule has 150 valence electrons. The number of rotatable bonds is 3. The van der Waals surface area contributed by atoms with Crippen LogP contribution in [0.5, 0.6) is 5.75 Å². The molecule has 2 N–H and O–H groups in total. The Labute approximate surface area is 169 Å². The van der Waals surface area contributed by atoms with Gasteiger partial charge in [0.15, 0.2) is 0 Å². The molecule has 0 saturated carbocycles. The maximum atomic E-state index is 12.9. The third-order valence-electron chi connectivity index (χ3n) is 4.50. The molecule has 0 radical (unpaired) electrons. The molecule has 1 aromatic heterocycles. The highest BCUT2D eigenvalue weighted by Crippen LogP contribution is 2.31. The first-order valence-electron chi connectivity index (χ1n) is 9.21. The molecule has 0 spiro atoms. The Kier molecular flexibility index (Phi) is 5.85. The van der Waals surface area contributed by atoms with Crippen molar-refractivity contribution in [1.82, 2.24) is 10.3 Å². The Bertz CT molecular complexity index is 977. The highest BCUT2D eigenvalue weighted by atomic mass is 16.5. The van der Waals surface area contributed by atoms with Crippen LogP contribution in [0.2, 0.25) is 0 Å². The number of nitrogens with one attached hydrogen (secondary N) is 1. The Morgan fingerprint density at radius 2 is 2.17 bits per heavy atom. The first kappa shape index (κ1) is 20.4. The Morgan fingerprint density at radius 1 is 1.38 bits per heavy atom. The van der Waals surface area contributed by atoms with Crippen LogP contribution in [0.15, 0.2) is 42.6 Å². The number of carbonyl (C=O) groups is 2. The molecule has 3 rings (SSSR count). The summed E-state index contributed by atoms with van der Waals surface area (Å²) in [6.45, 7) is 3.65. The van der Waals surface area contributed by atoms with Gasteiger partial charge in [0.25, 0.3) is 11.8 Å². The molecule has 1 aliphatic rings. The van der Waals surface area contributed by atoms with Crippen molar-refractivity contribution in [1.29, 1.82) is 0 Å².